The monoisotopic (exact) mass is 310 g/mol. The summed E-state index contributed by atoms with van der Waals surface area (Å²) in [5.74, 6) is -0.172. The third kappa shape index (κ3) is 2.51. The van der Waals surface area contributed by atoms with Crippen LogP contribution >= 0.6 is 0 Å². The minimum Gasteiger partial charge on any atom is -0.376 e. The van der Waals surface area contributed by atoms with Gasteiger partial charge in [-0.2, -0.15) is 5.10 Å². The molecule has 0 saturated carbocycles. The van der Waals surface area contributed by atoms with Gasteiger partial charge in [0.1, 0.15) is 0 Å². The van der Waals surface area contributed by atoms with Gasteiger partial charge < -0.3 is 15.0 Å². The number of nitrogens with one attached hydrogen (secondary N) is 3. The molecule has 3 N–H and O–H groups in total. The van der Waals surface area contributed by atoms with E-state index < -0.39 is 0 Å². The van der Waals surface area contributed by atoms with Crippen molar-refractivity contribution in [2.24, 2.45) is 0 Å². The van der Waals surface area contributed by atoms with Gasteiger partial charge in [-0.3, -0.25) is 9.89 Å². The molecule has 0 spiro atoms. The number of hydrogen-bond acceptors (Lipinski definition) is 3. The number of carbonyl (C=O) groups is 1. The first-order valence-electron chi connectivity index (χ1n) is 7.74. The molecule has 6 nitrogen and oxygen atoms in total. The molecule has 3 aromatic rings. The second kappa shape index (κ2) is 5.55. The molecule has 1 aliphatic heterocycles. The highest BCUT2D eigenvalue weighted by Gasteiger charge is 2.23. The fourth-order valence-electron chi connectivity index (χ4n) is 2.99. The zero-order chi connectivity index (χ0) is 15.8. The zero-order valence-electron chi connectivity index (χ0n) is 12.8. The highest BCUT2D eigenvalue weighted by molar-refractivity contribution is 5.94. The molecule has 1 aromatic carbocycles. The molecule has 0 aliphatic carbocycles. The van der Waals surface area contributed by atoms with E-state index in [1.54, 1.807) is 0 Å². The van der Waals surface area contributed by atoms with E-state index in [1.165, 1.54) is 0 Å². The Morgan fingerprint density at radius 1 is 1.39 bits per heavy atom. The maximum atomic E-state index is 12.5. The van der Waals surface area contributed by atoms with Crippen LogP contribution in [-0.2, 0) is 17.8 Å². The number of ether oxygens (including phenoxy) is 1. The predicted octanol–water partition coefficient (Wildman–Crippen LogP) is 2.45. The fourth-order valence-corrected chi connectivity index (χ4v) is 2.99. The SMILES string of the molecule is C[C@H](NC(=O)c1n[nH]c2c1COCC2)c1ccc2[nH]ccc2c1. The van der Waals surface area contributed by atoms with Crippen molar-refractivity contribution < 1.29 is 9.53 Å². The normalized spacial score (nSPS) is 15.3. The van der Waals surface area contributed by atoms with Crippen molar-refractivity contribution in [3.05, 3.63) is 53.0 Å². The van der Waals surface area contributed by atoms with Gasteiger partial charge in [-0.05, 0) is 36.1 Å². The topological polar surface area (TPSA) is 82.8 Å². The van der Waals surface area contributed by atoms with Crippen LogP contribution in [0.5, 0.6) is 0 Å². The number of carbonyl (C=O) groups excluding carboxylic acids is 1. The number of aromatic nitrogens is 3. The molecular formula is C17H18N4O2. The van der Waals surface area contributed by atoms with Crippen LogP contribution in [0, 0.1) is 0 Å². The summed E-state index contributed by atoms with van der Waals surface area (Å²) in [5.41, 5.74) is 4.47. The van der Waals surface area contributed by atoms with Gasteiger partial charge in [0.15, 0.2) is 5.69 Å². The number of nitrogens with zero attached hydrogens (tertiary/aromatic N) is 1. The number of benzene rings is 1. The van der Waals surface area contributed by atoms with Crippen molar-refractivity contribution >= 4 is 16.8 Å². The molecule has 0 unspecified atom stereocenters. The summed E-state index contributed by atoms with van der Waals surface area (Å²) in [4.78, 5) is 15.7. The Morgan fingerprint density at radius 3 is 3.22 bits per heavy atom. The Hall–Kier alpha value is -2.60. The number of amides is 1. The molecule has 1 aliphatic rings. The molecule has 0 radical (unpaired) electrons. The quantitative estimate of drug-likeness (QED) is 0.695. The molecule has 6 heteroatoms. The van der Waals surface area contributed by atoms with Crippen LogP contribution in [-0.4, -0.2) is 27.7 Å². The third-order valence-electron chi connectivity index (χ3n) is 4.34. The summed E-state index contributed by atoms with van der Waals surface area (Å²) in [6.07, 6.45) is 2.68. The predicted molar refractivity (Wildman–Crippen MR) is 86.1 cm³/mol. The van der Waals surface area contributed by atoms with Crippen molar-refractivity contribution in [2.75, 3.05) is 6.61 Å². The van der Waals surface area contributed by atoms with Crippen LogP contribution in [0.2, 0.25) is 0 Å². The van der Waals surface area contributed by atoms with E-state index in [0.29, 0.717) is 18.9 Å². The summed E-state index contributed by atoms with van der Waals surface area (Å²) < 4.78 is 5.43. The Kier molecular flexibility index (Phi) is 3.38. The van der Waals surface area contributed by atoms with E-state index in [4.69, 9.17) is 4.74 Å². The standard InChI is InChI=1S/C17H18N4O2/c1-10(11-2-3-14-12(8-11)4-6-18-14)19-17(22)16-13-9-23-7-5-15(13)20-21-16/h2-4,6,8,10,18H,5,7,9H2,1H3,(H,19,22)(H,20,21)/t10-/m0/s1. The van der Waals surface area contributed by atoms with Gasteiger partial charge in [0.05, 0.1) is 19.3 Å². The summed E-state index contributed by atoms with van der Waals surface area (Å²) in [6.45, 7) is 3.09. The lowest BCUT2D eigenvalue weighted by atomic mass is 10.1. The lowest BCUT2D eigenvalue weighted by molar-refractivity contribution is 0.0912. The lowest BCUT2D eigenvalue weighted by Gasteiger charge is -2.16. The Morgan fingerprint density at radius 2 is 2.30 bits per heavy atom. The number of aromatic amines is 2. The van der Waals surface area contributed by atoms with Crippen LogP contribution < -0.4 is 5.32 Å². The van der Waals surface area contributed by atoms with Crippen molar-refractivity contribution in [3.63, 3.8) is 0 Å². The molecule has 118 valence electrons. The molecule has 3 heterocycles. The smallest absolute Gasteiger partial charge is 0.272 e. The van der Waals surface area contributed by atoms with Gasteiger partial charge in [0.25, 0.3) is 5.91 Å². The highest BCUT2D eigenvalue weighted by atomic mass is 16.5. The number of H-pyrrole nitrogens is 2. The average Bonchev–Trinajstić information content (AvgIpc) is 3.20. The highest BCUT2D eigenvalue weighted by Crippen LogP contribution is 2.21. The summed E-state index contributed by atoms with van der Waals surface area (Å²) >= 11 is 0. The van der Waals surface area contributed by atoms with E-state index >= 15 is 0 Å². The first kappa shape index (κ1) is 14.0. The molecule has 0 bridgehead atoms. The second-order valence-corrected chi connectivity index (χ2v) is 5.85. The molecular weight excluding hydrogens is 292 g/mol. The maximum absolute atomic E-state index is 12.5. The van der Waals surface area contributed by atoms with Gasteiger partial charge in [-0.25, -0.2) is 0 Å². The van der Waals surface area contributed by atoms with Crippen molar-refractivity contribution in [1.29, 1.82) is 0 Å². The number of rotatable bonds is 3. The molecule has 1 atom stereocenters. The van der Waals surface area contributed by atoms with E-state index in [0.717, 1.165) is 34.1 Å². The molecule has 4 rings (SSSR count). The van der Waals surface area contributed by atoms with Gasteiger partial charge in [-0.1, -0.05) is 6.07 Å². The second-order valence-electron chi connectivity index (χ2n) is 5.85. The molecule has 1 amide bonds. The first-order valence-corrected chi connectivity index (χ1v) is 7.74. The van der Waals surface area contributed by atoms with E-state index in [2.05, 4.69) is 26.6 Å². The summed E-state index contributed by atoms with van der Waals surface area (Å²) in [5, 5.41) is 11.3. The van der Waals surface area contributed by atoms with Crippen LogP contribution in [0.15, 0.2) is 30.5 Å². The van der Waals surface area contributed by atoms with Gasteiger partial charge in [-0.15, -0.1) is 0 Å². The van der Waals surface area contributed by atoms with Crippen LogP contribution in [0.3, 0.4) is 0 Å². The molecule has 23 heavy (non-hydrogen) atoms. The van der Waals surface area contributed by atoms with E-state index in [9.17, 15) is 4.79 Å². The lowest BCUT2D eigenvalue weighted by Crippen LogP contribution is -2.28. The first-order chi connectivity index (χ1) is 11.2. The molecule has 2 aromatic heterocycles. The fraction of sp³-hybridized carbons (Fsp3) is 0.294. The zero-order valence-corrected chi connectivity index (χ0v) is 12.8. The van der Waals surface area contributed by atoms with Crippen molar-refractivity contribution in [3.8, 4) is 0 Å². The van der Waals surface area contributed by atoms with Crippen LogP contribution in [0.4, 0.5) is 0 Å². The van der Waals surface area contributed by atoms with Crippen LogP contribution in [0.25, 0.3) is 10.9 Å². The maximum Gasteiger partial charge on any atom is 0.272 e. The van der Waals surface area contributed by atoms with Crippen LogP contribution in [0.1, 0.15) is 40.3 Å². The minimum absolute atomic E-state index is 0.0985. The Bertz CT molecular complexity index is 864. The Labute approximate surface area is 133 Å². The Balaban J connectivity index is 1.54. The van der Waals surface area contributed by atoms with Crippen molar-refractivity contribution in [2.45, 2.75) is 26.0 Å². The van der Waals surface area contributed by atoms with Gasteiger partial charge >= 0.3 is 0 Å². The van der Waals surface area contributed by atoms with Gasteiger partial charge in [0.2, 0.25) is 0 Å². The van der Waals surface area contributed by atoms with Gasteiger partial charge in [0, 0.05) is 29.4 Å². The average molecular weight is 310 g/mol. The third-order valence-corrected chi connectivity index (χ3v) is 4.34. The number of hydrogen-bond donors (Lipinski definition) is 3. The van der Waals surface area contributed by atoms with E-state index in [-0.39, 0.29) is 11.9 Å². The van der Waals surface area contributed by atoms with Crippen molar-refractivity contribution in [1.82, 2.24) is 20.5 Å². The van der Waals surface area contributed by atoms with E-state index in [1.807, 2.05) is 31.3 Å². The molecule has 0 fully saturated rings. The molecule has 0 saturated heterocycles. The minimum atomic E-state index is -0.172. The largest absolute Gasteiger partial charge is 0.376 e. The summed E-state index contributed by atoms with van der Waals surface area (Å²) in [6, 6.07) is 8.05. The number of fused-ring (bicyclic) bond motifs is 2. The summed E-state index contributed by atoms with van der Waals surface area (Å²) in [7, 11) is 0.